The number of hydrogen-bond donors (Lipinski definition) is 0. The first-order valence-electron chi connectivity index (χ1n) is 16.5. The molecular weight excluding hydrogens is 548 g/mol. The first-order chi connectivity index (χ1) is 21.5. The minimum absolute atomic E-state index is 0.000710. The van der Waals surface area contributed by atoms with Gasteiger partial charge in [0.05, 0.1) is 20.3 Å². The quantitative estimate of drug-likeness (QED) is 0.353. The Bertz CT molecular complexity index is 1720. The third-order valence-electron chi connectivity index (χ3n) is 13.2. The third kappa shape index (κ3) is 2.94. The van der Waals surface area contributed by atoms with Gasteiger partial charge in [-0.25, -0.2) is 9.59 Å². The van der Waals surface area contributed by atoms with Crippen LogP contribution in [0.4, 0.5) is 9.59 Å². The maximum Gasteiger partial charge on any atom is 0.409 e. The molecule has 44 heavy (non-hydrogen) atoms. The van der Waals surface area contributed by atoms with E-state index in [9.17, 15) is 9.59 Å². The maximum absolute atomic E-state index is 13.5. The van der Waals surface area contributed by atoms with Gasteiger partial charge in [0.25, 0.3) is 0 Å². The molecular formula is C38H40N2O4. The second-order valence-electron chi connectivity index (χ2n) is 14.1. The zero-order valence-electron chi connectivity index (χ0n) is 25.7. The van der Waals surface area contributed by atoms with Crippen molar-refractivity contribution < 1.29 is 19.1 Å². The summed E-state index contributed by atoms with van der Waals surface area (Å²) in [6, 6.07) is 25.1. The molecule has 9 rings (SSSR count). The van der Waals surface area contributed by atoms with Crippen LogP contribution in [0.3, 0.4) is 0 Å². The van der Waals surface area contributed by atoms with Gasteiger partial charge in [-0.3, -0.25) is 0 Å². The monoisotopic (exact) mass is 588 g/mol. The van der Waals surface area contributed by atoms with Crippen LogP contribution >= 0.6 is 0 Å². The van der Waals surface area contributed by atoms with Crippen molar-refractivity contribution >= 4 is 12.2 Å². The number of nitrogens with zero attached hydrogens (tertiary/aromatic N) is 2. The molecule has 4 aliphatic carbocycles. The summed E-state index contributed by atoms with van der Waals surface area (Å²) in [6.07, 6.45) is 7.80. The highest BCUT2D eigenvalue weighted by Crippen LogP contribution is 2.70. The standard InChI is InChI=1S/C38H40N2O4/c1-43-34(41)39-19-17-36(28-12-5-3-10-25(28)22-32(36)39)30-14-7-15-31-27(30)23-33-38(31,18-20-40(33)35(42)44-2)37-16-8-11-26(37)21-24-9-4-6-13-29(24)37/h3-7,9-10,12-15,26,32-33H,8,11,16-23H2,1-2H3/t26-,32?,33+,36-,37+,38+/m1/s1. The van der Waals surface area contributed by atoms with Gasteiger partial charge in [-0.1, -0.05) is 73.2 Å². The Labute approximate surface area is 259 Å². The number of carbonyl (C=O) groups is 2. The number of carbonyl (C=O) groups excluding carboxylic acids is 2. The second kappa shape index (κ2) is 9.12. The normalized spacial score (nSPS) is 33.8. The van der Waals surface area contributed by atoms with Crippen LogP contribution in [0.1, 0.15) is 71.0 Å². The SMILES string of the molecule is COC(=O)N1CC[C@]2(c3cccc4c3C[C@@H]3N(C(=O)OC)CC[C@]43[C@@]34CCC[C@@H]3Cc3ccccc34)c3ccccc3CC12. The summed E-state index contributed by atoms with van der Waals surface area (Å²) in [6.45, 7) is 1.40. The Hall–Kier alpha value is -3.80. The van der Waals surface area contributed by atoms with Crippen molar-refractivity contribution in [3.05, 3.63) is 106 Å². The molecule has 0 spiro atoms. The number of benzene rings is 3. The van der Waals surface area contributed by atoms with Crippen LogP contribution in [0.25, 0.3) is 0 Å². The predicted molar refractivity (Wildman–Crippen MR) is 167 cm³/mol. The Morgan fingerprint density at radius 1 is 0.659 bits per heavy atom. The zero-order valence-corrected chi connectivity index (χ0v) is 25.7. The minimum atomic E-state index is -0.299. The largest absolute Gasteiger partial charge is 0.453 e. The van der Waals surface area contributed by atoms with Crippen LogP contribution in [0.2, 0.25) is 0 Å². The molecule has 6 atom stereocenters. The summed E-state index contributed by atoms with van der Waals surface area (Å²) in [5.74, 6) is 0.578. The van der Waals surface area contributed by atoms with Crippen molar-refractivity contribution in [2.75, 3.05) is 27.3 Å². The molecule has 3 aromatic rings. The lowest BCUT2D eigenvalue weighted by molar-refractivity contribution is 0.0923. The van der Waals surface area contributed by atoms with Gasteiger partial charge in [-0.15, -0.1) is 0 Å². The van der Waals surface area contributed by atoms with Crippen LogP contribution in [0.15, 0.2) is 66.7 Å². The summed E-state index contributed by atoms with van der Waals surface area (Å²) in [5, 5.41) is 0. The highest BCUT2D eigenvalue weighted by molar-refractivity contribution is 5.73. The number of amides is 2. The first-order valence-corrected chi connectivity index (χ1v) is 16.5. The maximum atomic E-state index is 13.5. The van der Waals surface area contributed by atoms with Crippen LogP contribution in [-0.2, 0) is 45.0 Å². The minimum Gasteiger partial charge on any atom is -0.453 e. The Morgan fingerprint density at radius 2 is 1.30 bits per heavy atom. The molecule has 0 bridgehead atoms. The van der Waals surface area contributed by atoms with E-state index in [1.165, 1.54) is 66.0 Å². The van der Waals surface area contributed by atoms with Crippen LogP contribution in [-0.4, -0.2) is 61.4 Å². The summed E-state index contributed by atoms with van der Waals surface area (Å²) in [7, 11) is 3.02. The Morgan fingerprint density at radius 3 is 2.07 bits per heavy atom. The van der Waals surface area contributed by atoms with Crippen molar-refractivity contribution in [2.24, 2.45) is 5.92 Å². The fraction of sp³-hybridized carbons (Fsp3) is 0.474. The van der Waals surface area contributed by atoms with Crippen molar-refractivity contribution in [1.82, 2.24) is 9.80 Å². The van der Waals surface area contributed by atoms with Crippen LogP contribution < -0.4 is 0 Å². The lowest BCUT2D eigenvalue weighted by Crippen LogP contribution is -2.55. The average Bonchev–Trinajstić information content (AvgIpc) is 3.87. The lowest BCUT2D eigenvalue weighted by atomic mass is 9.53. The number of likely N-dealkylation sites (tertiary alicyclic amines) is 2. The van der Waals surface area contributed by atoms with Crippen molar-refractivity contribution in [3.8, 4) is 0 Å². The molecule has 0 aromatic heterocycles. The number of hydrogen-bond acceptors (Lipinski definition) is 4. The van der Waals surface area contributed by atoms with Gasteiger partial charge < -0.3 is 19.3 Å². The molecule has 1 unspecified atom stereocenters. The molecule has 1 saturated carbocycles. The Kier molecular flexibility index (Phi) is 5.51. The number of rotatable bonds is 2. The van der Waals surface area contributed by atoms with E-state index in [0.29, 0.717) is 12.5 Å². The van der Waals surface area contributed by atoms with Crippen molar-refractivity contribution in [2.45, 2.75) is 79.7 Å². The first kappa shape index (κ1) is 26.6. The molecule has 0 radical (unpaired) electrons. The van der Waals surface area contributed by atoms with Gasteiger partial charge in [0, 0.05) is 35.4 Å². The van der Waals surface area contributed by atoms with E-state index in [0.717, 1.165) is 45.1 Å². The number of ether oxygens (including phenoxy) is 2. The van der Waals surface area contributed by atoms with E-state index in [4.69, 9.17) is 9.47 Å². The highest BCUT2D eigenvalue weighted by Gasteiger charge is 2.71. The number of methoxy groups -OCH3 is 2. The predicted octanol–water partition coefficient (Wildman–Crippen LogP) is 6.30. The van der Waals surface area contributed by atoms with Gasteiger partial charge in [0.2, 0.25) is 0 Å². The van der Waals surface area contributed by atoms with E-state index in [2.05, 4.69) is 71.6 Å². The fourth-order valence-corrected chi connectivity index (χ4v) is 12.0. The molecule has 3 aromatic carbocycles. The second-order valence-corrected chi connectivity index (χ2v) is 14.1. The van der Waals surface area contributed by atoms with Gasteiger partial charge in [0.15, 0.2) is 0 Å². The molecule has 2 amide bonds. The van der Waals surface area contributed by atoms with Gasteiger partial charge in [0.1, 0.15) is 0 Å². The fourth-order valence-electron chi connectivity index (χ4n) is 12.0. The molecule has 3 fully saturated rings. The average molecular weight is 589 g/mol. The summed E-state index contributed by atoms with van der Waals surface area (Å²) in [5.41, 5.74) is 9.43. The third-order valence-corrected chi connectivity index (χ3v) is 13.2. The lowest BCUT2D eigenvalue weighted by Gasteiger charge is -2.50. The van der Waals surface area contributed by atoms with Gasteiger partial charge in [-0.05, 0) is 89.8 Å². The summed E-state index contributed by atoms with van der Waals surface area (Å²) < 4.78 is 10.8. The summed E-state index contributed by atoms with van der Waals surface area (Å²) >= 11 is 0. The molecule has 6 heteroatoms. The molecule has 6 aliphatic rings. The van der Waals surface area contributed by atoms with Crippen LogP contribution in [0, 0.1) is 5.92 Å². The molecule has 226 valence electrons. The smallest absolute Gasteiger partial charge is 0.409 e. The van der Waals surface area contributed by atoms with Crippen molar-refractivity contribution in [3.63, 3.8) is 0 Å². The topological polar surface area (TPSA) is 59.1 Å². The van der Waals surface area contributed by atoms with E-state index >= 15 is 0 Å². The highest BCUT2D eigenvalue weighted by atomic mass is 16.5. The summed E-state index contributed by atoms with van der Waals surface area (Å²) in [4.78, 5) is 30.7. The molecule has 2 aliphatic heterocycles. The molecule has 6 nitrogen and oxygen atoms in total. The number of fused-ring (bicyclic) bond motifs is 10. The van der Waals surface area contributed by atoms with Gasteiger partial charge in [-0.2, -0.15) is 0 Å². The van der Waals surface area contributed by atoms with E-state index < -0.39 is 0 Å². The molecule has 2 saturated heterocycles. The van der Waals surface area contributed by atoms with Crippen molar-refractivity contribution in [1.29, 1.82) is 0 Å². The van der Waals surface area contributed by atoms with E-state index in [1.54, 1.807) is 0 Å². The van der Waals surface area contributed by atoms with E-state index in [-0.39, 0.29) is 40.5 Å². The van der Waals surface area contributed by atoms with E-state index in [1.807, 2.05) is 4.90 Å². The Balaban J connectivity index is 1.30. The zero-order chi connectivity index (χ0) is 29.8. The van der Waals surface area contributed by atoms with Gasteiger partial charge >= 0.3 is 12.2 Å². The van der Waals surface area contributed by atoms with Crippen LogP contribution in [0.5, 0.6) is 0 Å². The molecule has 2 heterocycles. The molecule has 0 N–H and O–H groups in total.